The molecule has 2 N–H and O–H groups in total. The lowest BCUT2D eigenvalue weighted by atomic mass is 9.96. The quantitative estimate of drug-likeness (QED) is 0.875. The summed E-state index contributed by atoms with van der Waals surface area (Å²) >= 11 is 3.49. The van der Waals surface area contributed by atoms with Crippen molar-refractivity contribution in [1.82, 2.24) is 0 Å². The first-order chi connectivity index (χ1) is 8.06. The van der Waals surface area contributed by atoms with Gasteiger partial charge in [0.05, 0.1) is 0 Å². The van der Waals surface area contributed by atoms with Crippen LogP contribution in [-0.2, 0) is 0 Å². The number of rotatable bonds is 3. The highest BCUT2D eigenvalue weighted by atomic mass is 79.9. The average Bonchev–Trinajstić information content (AvgIpc) is 2.27. The molecule has 0 bridgehead atoms. The Kier molecular flexibility index (Phi) is 3.85. The first-order valence-electron chi connectivity index (χ1n) is 6.01. The van der Waals surface area contributed by atoms with Crippen LogP contribution >= 0.6 is 15.9 Å². The predicted octanol–water partition coefficient (Wildman–Crippen LogP) is 4.65. The van der Waals surface area contributed by atoms with Gasteiger partial charge in [-0.2, -0.15) is 0 Å². The summed E-state index contributed by atoms with van der Waals surface area (Å²) in [6.45, 7) is 4.41. The molecule has 0 amide bonds. The van der Waals surface area contributed by atoms with Crippen LogP contribution in [0.5, 0.6) is 0 Å². The van der Waals surface area contributed by atoms with Gasteiger partial charge in [0.15, 0.2) is 0 Å². The third-order valence-electron chi connectivity index (χ3n) is 2.98. The van der Waals surface area contributed by atoms with Gasteiger partial charge in [-0.25, -0.2) is 0 Å². The number of fused-ring (bicyclic) bond motifs is 1. The van der Waals surface area contributed by atoms with Crippen LogP contribution < -0.4 is 5.73 Å². The second-order valence-electron chi connectivity index (χ2n) is 4.99. The third kappa shape index (κ3) is 3.08. The van der Waals surface area contributed by atoms with Crippen molar-refractivity contribution in [3.8, 4) is 0 Å². The van der Waals surface area contributed by atoms with Crippen LogP contribution in [0, 0.1) is 5.92 Å². The molecule has 1 unspecified atom stereocenters. The van der Waals surface area contributed by atoms with Gasteiger partial charge in [-0.3, -0.25) is 0 Å². The van der Waals surface area contributed by atoms with Gasteiger partial charge in [-0.1, -0.05) is 48.0 Å². The molecule has 0 fully saturated rings. The molecule has 0 aliphatic carbocycles. The van der Waals surface area contributed by atoms with E-state index in [2.05, 4.69) is 66.2 Å². The lowest BCUT2D eigenvalue weighted by Gasteiger charge is -2.15. The molecule has 0 spiro atoms. The van der Waals surface area contributed by atoms with E-state index < -0.39 is 0 Å². The van der Waals surface area contributed by atoms with Gasteiger partial charge in [-0.05, 0) is 46.9 Å². The molecule has 0 aliphatic heterocycles. The highest BCUT2D eigenvalue weighted by molar-refractivity contribution is 9.10. The van der Waals surface area contributed by atoms with Crippen molar-refractivity contribution in [2.45, 2.75) is 26.3 Å². The van der Waals surface area contributed by atoms with Crippen LogP contribution in [0.4, 0.5) is 0 Å². The van der Waals surface area contributed by atoms with E-state index in [4.69, 9.17) is 5.73 Å². The van der Waals surface area contributed by atoms with E-state index in [9.17, 15) is 0 Å². The maximum atomic E-state index is 6.21. The van der Waals surface area contributed by atoms with Crippen LogP contribution in [0.3, 0.4) is 0 Å². The van der Waals surface area contributed by atoms with Crippen LogP contribution in [0.1, 0.15) is 31.9 Å². The zero-order valence-electron chi connectivity index (χ0n) is 10.3. The standard InChI is InChI=1S/C15H18BrN/c1-10(2)7-15(17)13-4-3-12-9-14(16)6-5-11(12)8-13/h3-6,8-10,15H,7,17H2,1-2H3. The summed E-state index contributed by atoms with van der Waals surface area (Å²) in [4.78, 5) is 0. The van der Waals surface area contributed by atoms with Crippen molar-refractivity contribution in [2.24, 2.45) is 11.7 Å². The topological polar surface area (TPSA) is 26.0 Å². The molecule has 2 aromatic rings. The normalized spacial score (nSPS) is 13.2. The Balaban J connectivity index is 2.34. The second-order valence-corrected chi connectivity index (χ2v) is 5.90. The fourth-order valence-corrected chi connectivity index (χ4v) is 2.49. The molecular formula is C15H18BrN. The molecule has 0 aliphatic rings. The number of nitrogens with two attached hydrogens (primary N) is 1. The monoisotopic (exact) mass is 291 g/mol. The summed E-state index contributed by atoms with van der Waals surface area (Å²) < 4.78 is 1.12. The second kappa shape index (κ2) is 5.19. The zero-order chi connectivity index (χ0) is 12.4. The third-order valence-corrected chi connectivity index (χ3v) is 3.47. The van der Waals surface area contributed by atoms with Gasteiger partial charge in [0.1, 0.15) is 0 Å². The summed E-state index contributed by atoms with van der Waals surface area (Å²) in [5, 5.41) is 2.50. The molecular weight excluding hydrogens is 274 g/mol. The minimum atomic E-state index is 0.142. The molecule has 0 heterocycles. The number of hydrogen-bond donors (Lipinski definition) is 1. The van der Waals surface area contributed by atoms with Crippen molar-refractivity contribution in [3.05, 3.63) is 46.4 Å². The van der Waals surface area contributed by atoms with Gasteiger partial charge in [0.2, 0.25) is 0 Å². The van der Waals surface area contributed by atoms with Gasteiger partial charge >= 0.3 is 0 Å². The lowest BCUT2D eigenvalue weighted by molar-refractivity contribution is 0.510. The van der Waals surface area contributed by atoms with Gasteiger partial charge in [-0.15, -0.1) is 0 Å². The Bertz CT molecular complexity index is 519. The van der Waals surface area contributed by atoms with Gasteiger partial charge < -0.3 is 5.73 Å². The first kappa shape index (κ1) is 12.6. The zero-order valence-corrected chi connectivity index (χ0v) is 11.9. The van der Waals surface area contributed by atoms with Gasteiger partial charge in [0.25, 0.3) is 0 Å². The fraction of sp³-hybridized carbons (Fsp3) is 0.333. The molecule has 0 aromatic heterocycles. The lowest BCUT2D eigenvalue weighted by Crippen LogP contribution is -2.12. The largest absolute Gasteiger partial charge is 0.324 e. The van der Waals surface area contributed by atoms with Crippen LogP contribution in [0.25, 0.3) is 10.8 Å². The van der Waals surface area contributed by atoms with E-state index in [0.717, 1.165) is 10.9 Å². The minimum Gasteiger partial charge on any atom is -0.324 e. The SMILES string of the molecule is CC(C)CC(N)c1ccc2cc(Br)ccc2c1. The van der Waals surface area contributed by atoms with Crippen molar-refractivity contribution < 1.29 is 0 Å². The van der Waals surface area contributed by atoms with Crippen molar-refractivity contribution >= 4 is 26.7 Å². The Morgan fingerprint density at radius 2 is 1.71 bits per heavy atom. The fourth-order valence-electron chi connectivity index (χ4n) is 2.11. The molecule has 0 saturated carbocycles. The highest BCUT2D eigenvalue weighted by Crippen LogP contribution is 2.25. The summed E-state index contributed by atoms with van der Waals surface area (Å²) in [6, 6.07) is 13.0. The number of benzene rings is 2. The molecule has 2 heteroatoms. The van der Waals surface area contributed by atoms with E-state index in [0.29, 0.717) is 5.92 Å². The van der Waals surface area contributed by atoms with Crippen LogP contribution in [-0.4, -0.2) is 0 Å². The summed E-state index contributed by atoms with van der Waals surface area (Å²) in [5.74, 6) is 0.630. The van der Waals surface area contributed by atoms with Crippen LogP contribution in [0.15, 0.2) is 40.9 Å². The van der Waals surface area contributed by atoms with E-state index >= 15 is 0 Å². The summed E-state index contributed by atoms with van der Waals surface area (Å²) in [6.07, 6.45) is 1.03. The van der Waals surface area contributed by atoms with Crippen molar-refractivity contribution in [2.75, 3.05) is 0 Å². The molecule has 0 radical (unpaired) electrons. The van der Waals surface area contributed by atoms with Crippen molar-refractivity contribution in [1.29, 1.82) is 0 Å². The maximum absolute atomic E-state index is 6.21. The molecule has 17 heavy (non-hydrogen) atoms. The maximum Gasteiger partial charge on any atom is 0.0297 e. The Hall–Kier alpha value is -0.860. The molecule has 2 aromatic carbocycles. The Morgan fingerprint density at radius 1 is 1.06 bits per heavy atom. The number of halogens is 1. The Labute approximate surface area is 111 Å². The molecule has 90 valence electrons. The van der Waals surface area contributed by atoms with Gasteiger partial charge in [0, 0.05) is 10.5 Å². The van der Waals surface area contributed by atoms with E-state index in [-0.39, 0.29) is 6.04 Å². The number of hydrogen-bond acceptors (Lipinski definition) is 1. The first-order valence-corrected chi connectivity index (χ1v) is 6.80. The predicted molar refractivity (Wildman–Crippen MR) is 78.0 cm³/mol. The molecule has 1 atom stereocenters. The summed E-state index contributed by atoms with van der Waals surface area (Å²) in [7, 11) is 0. The molecule has 1 nitrogen and oxygen atoms in total. The van der Waals surface area contributed by atoms with E-state index in [1.54, 1.807) is 0 Å². The smallest absolute Gasteiger partial charge is 0.0297 e. The van der Waals surface area contributed by atoms with E-state index in [1.807, 2.05) is 0 Å². The van der Waals surface area contributed by atoms with Crippen LogP contribution in [0.2, 0.25) is 0 Å². The van der Waals surface area contributed by atoms with E-state index in [1.165, 1.54) is 16.3 Å². The molecule has 0 saturated heterocycles. The average molecular weight is 292 g/mol. The highest BCUT2D eigenvalue weighted by Gasteiger charge is 2.08. The summed E-state index contributed by atoms with van der Waals surface area (Å²) in [5.41, 5.74) is 7.44. The molecule has 2 rings (SSSR count). The van der Waals surface area contributed by atoms with Crippen molar-refractivity contribution in [3.63, 3.8) is 0 Å². The Morgan fingerprint density at radius 3 is 2.41 bits per heavy atom. The minimum absolute atomic E-state index is 0.142.